The van der Waals surface area contributed by atoms with Gasteiger partial charge in [-0.25, -0.2) is 0 Å². The summed E-state index contributed by atoms with van der Waals surface area (Å²) >= 11 is 0. The Morgan fingerprint density at radius 3 is 2.36 bits per heavy atom. The average molecular weight is 186 g/mol. The van der Waals surface area contributed by atoms with Crippen molar-refractivity contribution < 1.29 is 0 Å². The smallest absolute Gasteiger partial charge is 0.0187 e. The summed E-state index contributed by atoms with van der Waals surface area (Å²) in [6, 6.07) is 10.5. The Morgan fingerprint density at radius 2 is 1.79 bits per heavy atom. The summed E-state index contributed by atoms with van der Waals surface area (Å²) in [5, 5.41) is 0. The first kappa shape index (κ1) is 10.8. The Labute approximate surface area is 87.0 Å². The molecule has 0 aliphatic heterocycles. The van der Waals surface area contributed by atoms with E-state index in [1.165, 1.54) is 11.1 Å². The third-order valence-electron chi connectivity index (χ3n) is 2.06. The first-order valence-electron chi connectivity index (χ1n) is 5.30. The quantitative estimate of drug-likeness (QED) is 0.609. The molecule has 0 amide bonds. The van der Waals surface area contributed by atoms with Crippen molar-refractivity contribution in [3.05, 3.63) is 54.1 Å². The fraction of sp³-hybridized carbons (Fsp3) is 0.286. The van der Waals surface area contributed by atoms with Gasteiger partial charge in [-0.3, -0.25) is 0 Å². The lowest BCUT2D eigenvalue weighted by Crippen LogP contribution is -1.79. The number of hydrogen-bond acceptors (Lipinski definition) is 0. The standard InChI is InChI=1S/C14H18/c1-3-5-10-13(9-4-2)14-11-7-6-8-12-14/h5-12H,3-4H2,1-2H3/b10-5-,13-9+. The summed E-state index contributed by atoms with van der Waals surface area (Å²) in [5.41, 5.74) is 2.63. The summed E-state index contributed by atoms with van der Waals surface area (Å²) < 4.78 is 0. The van der Waals surface area contributed by atoms with Crippen LogP contribution in [0.3, 0.4) is 0 Å². The lowest BCUT2D eigenvalue weighted by Gasteiger charge is -2.01. The van der Waals surface area contributed by atoms with Gasteiger partial charge < -0.3 is 0 Å². The van der Waals surface area contributed by atoms with Crippen LogP contribution in [0.25, 0.3) is 5.57 Å². The highest BCUT2D eigenvalue weighted by atomic mass is 14.0. The lowest BCUT2D eigenvalue weighted by atomic mass is 10.0. The number of hydrogen-bond donors (Lipinski definition) is 0. The maximum atomic E-state index is 2.27. The molecule has 0 aromatic heterocycles. The molecule has 0 atom stereocenters. The van der Waals surface area contributed by atoms with Crippen molar-refractivity contribution in [3.63, 3.8) is 0 Å². The first-order valence-corrected chi connectivity index (χ1v) is 5.30. The Hall–Kier alpha value is -1.30. The van der Waals surface area contributed by atoms with Crippen LogP contribution in [0.5, 0.6) is 0 Å². The summed E-state index contributed by atoms with van der Waals surface area (Å²) in [5.74, 6) is 0. The monoisotopic (exact) mass is 186 g/mol. The zero-order valence-electron chi connectivity index (χ0n) is 9.03. The molecule has 0 N–H and O–H groups in total. The lowest BCUT2D eigenvalue weighted by molar-refractivity contribution is 1.21. The van der Waals surface area contributed by atoms with Crippen molar-refractivity contribution in [2.24, 2.45) is 0 Å². The number of benzene rings is 1. The third-order valence-corrected chi connectivity index (χ3v) is 2.06. The van der Waals surface area contributed by atoms with Crippen molar-refractivity contribution >= 4 is 5.57 Å². The van der Waals surface area contributed by atoms with E-state index in [-0.39, 0.29) is 0 Å². The molecule has 0 heterocycles. The van der Waals surface area contributed by atoms with E-state index < -0.39 is 0 Å². The zero-order chi connectivity index (χ0) is 10.2. The van der Waals surface area contributed by atoms with E-state index >= 15 is 0 Å². The molecule has 14 heavy (non-hydrogen) atoms. The van der Waals surface area contributed by atoms with Gasteiger partial charge in [-0.1, -0.05) is 62.4 Å². The molecule has 0 saturated carbocycles. The molecule has 1 rings (SSSR count). The predicted octanol–water partition coefficient (Wildman–Crippen LogP) is 4.45. The molecule has 0 saturated heterocycles. The van der Waals surface area contributed by atoms with E-state index in [1.54, 1.807) is 0 Å². The van der Waals surface area contributed by atoms with Gasteiger partial charge in [0.15, 0.2) is 0 Å². The predicted molar refractivity (Wildman–Crippen MR) is 64.1 cm³/mol. The maximum Gasteiger partial charge on any atom is -0.0187 e. The van der Waals surface area contributed by atoms with Crippen LogP contribution in [0.2, 0.25) is 0 Å². The van der Waals surface area contributed by atoms with Crippen LogP contribution in [0.1, 0.15) is 32.3 Å². The van der Waals surface area contributed by atoms with Crippen molar-refractivity contribution in [2.75, 3.05) is 0 Å². The van der Waals surface area contributed by atoms with E-state index in [9.17, 15) is 0 Å². The van der Waals surface area contributed by atoms with E-state index in [1.807, 2.05) is 0 Å². The molecule has 0 heteroatoms. The highest BCUT2D eigenvalue weighted by molar-refractivity contribution is 5.73. The van der Waals surface area contributed by atoms with E-state index in [4.69, 9.17) is 0 Å². The zero-order valence-corrected chi connectivity index (χ0v) is 9.03. The molecule has 0 aliphatic rings. The van der Waals surface area contributed by atoms with Crippen LogP contribution >= 0.6 is 0 Å². The van der Waals surface area contributed by atoms with E-state index in [0.29, 0.717) is 0 Å². The molecule has 74 valence electrons. The van der Waals surface area contributed by atoms with Crippen LogP contribution in [0, 0.1) is 0 Å². The van der Waals surface area contributed by atoms with Gasteiger partial charge in [0.25, 0.3) is 0 Å². The van der Waals surface area contributed by atoms with Gasteiger partial charge in [0.05, 0.1) is 0 Å². The van der Waals surface area contributed by atoms with Crippen LogP contribution in [-0.2, 0) is 0 Å². The summed E-state index contributed by atoms with van der Waals surface area (Å²) in [6.45, 7) is 4.33. The average Bonchev–Trinajstić information content (AvgIpc) is 2.25. The van der Waals surface area contributed by atoms with Gasteiger partial charge in [-0.15, -0.1) is 0 Å². The molecule has 0 aliphatic carbocycles. The summed E-state index contributed by atoms with van der Waals surface area (Å²) in [7, 11) is 0. The topological polar surface area (TPSA) is 0 Å². The third kappa shape index (κ3) is 3.21. The minimum Gasteiger partial charge on any atom is -0.0842 e. The van der Waals surface area contributed by atoms with Gasteiger partial charge >= 0.3 is 0 Å². The minimum absolute atomic E-state index is 1.08. The second-order valence-corrected chi connectivity index (χ2v) is 3.24. The van der Waals surface area contributed by atoms with Crippen molar-refractivity contribution in [1.82, 2.24) is 0 Å². The SMILES string of the molecule is CC/C=C\C(=C/CC)c1ccccc1. The molecule has 0 unspecified atom stereocenters. The summed E-state index contributed by atoms with van der Waals surface area (Å²) in [6.07, 6.45) is 8.85. The number of rotatable bonds is 4. The normalized spacial score (nSPS) is 12.3. The molecule has 0 radical (unpaired) electrons. The summed E-state index contributed by atoms with van der Waals surface area (Å²) in [4.78, 5) is 0. The fourth-order valence-corrected chi connectivity index (χ4v) is 1.38. The maximum absolute atomic E-state index is 2.27. The molecule has 0 nitrogen and oxygen atoms in total. The van der Waals surface area contributed by atoms with Crippen LogP contribution < -0.4 is 0 Å². The molecule has 0 fully saturated rings. The van der Waals surface area contributed by atoms with Crippen LogP contribution in [0.15, 0.2) is 48.6 Å². The van der Waals surface area contributed by atoms with Crippen molar-refractivity contribution in [3.8, 4) is 0 Å². The highest BCUT2D eigenvalue weighted by Gasteiger charge is 1.94. The van der Waals surface area contributed by atoms with E-state index in [2.05, 4.69) is 62.4 Å². The Bertz CT molecular complexity index is 304. The molecule has 0 spiro atoms. The van der Waals surface area contributed by atoms with Gasteiger partial charge in [0.1, 0.15) is 0 Å². The van der Waals surface area contributed by atoms with Crippen LogP contribution in [0.4, 0.5) is 0 Å². The molecular weight excluding hydrogens is 168 g/mol. The van der Waals surface area contributed by atoms with E-state index in [0.717, 1.165) is 12.8 Å². The molecule has 1 aromatic rings. The minimum atomic E-state index is 1.08. The van der Waals surface area contributed by atoms with Gasteiger partial charge in [0, 0.05) is 0 Å². The van der Waals surface area contributed by atoms with Gasteiger partial charge in [0.2, 0.25) is 0 Å². The molecular formula is C14H18. The second-order valence-electron chi connectivity index (χ2n) is 3.24. The van der Waals surface area contributed by atoms with Crippen molar-refractivity contribution in [2.45, 2.75) is 26.7 Å². The van der Waals surface area contributed by atoms with Gasteiger partial charge in [-0.05, 0) is 24.0 Å². The largest absolute Gasteiger partial charge is 0.0842 e. The Balaban J connectivity index is 2.90. The van der Waals surface area contributed by atoms with Gasteiger partial charge in [-0.2, -0.15) is 0 Å². The fourth-order valence-electron chi connectivity index (χ4n) is 1.38. The Kier molecular flexibility index (Phi) is 4.77. The second kappa shape index (κ2) is 6.20. The Morgan fingerprint density at radius 1 is 1.07 bits per heavy atom. The molecule has 0 bridgehead atoms. The van der Waals surface area contributed by atoms with Crippen LogP contribution in [-0.4, -0.2) is 0 Å². The first-order chi connectivity index (χ1) is 6.88. The van der Waals surface area contributed by atoms with Crippen molar-refractivity contribution in [1.29, 1.82) is 0 Å². The number of allylic oxidation sites excluding steroid dienone is 4. The highest BCUT2D eigenvalue weighted by Crippen LogP contribution is 2.16. The molecule has 1 aromatic carbocycles.